The van der Waals surface area contributed by atoms with E-state index < -0.39 is 0 Å². The van der Waals surface area contributed by atoms with E-state index in [1.54, 1.807) is 14.2 Å². The van der Waals surface area contributed by atoms with Crippen LogP contribution in [0.3, 0.4) is 0 Å². The van der Waals surface area contributed by atoms with Gasteiger partial charge in [0, 0.05) is 6.04 Å². The molecule has 0 fully saturated rings. The quantitative estimate of drug-likeness (QED) is 0.845. The predicted octanol–water partition coefficient (Wildman–Crippen LogP) is 3.11. The molecule has 1 aromatic rings. The maximum absolute atomic E-state index is 5.83. The monoisotopic (exact) mass is 251 g/mol. The summed E-state index contributed by atoms with van der Waals surface area (Å²) in [4.78, 5) is 0. The summed E-state index contributed by atoms with van der Waals surface area (Å²) in [6.45, 7) is 6.51. The standard InChI is InChI=1S/C15H25NO2/c1-11(16)8-9-15(2,3)12-6-7-13(17-4)14(10-12)18-5/h6-7,10-11H,8-9,16H2,1-5H3. The van der Waals surface area contributed by atoms with E-state index in [-0.39, 0.29) is 11.5 Å². The zero-order valence-corrected chi connectivity index (χ0v) is 12.1. The highest BCUT2D eigenvalue weighted by Gasteiger charge is 2.22. The summed E-state index contributed by atoms with van der Waals surface area (Å²) < 4.78 is 10.6. The van der Waals surface area contributed by atoms with Gasteiger partial charge in [0.25, 0.3) is 0 Å². The Bertz CT molecular complexity index is 386. The molecule has 2 N–H and O–H groups in total. The Kier molecular flexibility index (Phi) is 5.03. The third kappa shape index (κ3) is 3.64. The Morgan fingerprint density at radius 3 is 2.28 bits per heavy atom. The molecule has 0 amide bonds. The Balaban J connectivity index is 2.94. The number of hydrogen-bond acceptors (Lipinski definition) is 3. The molecule has 0 saturated carbocycles. The third-order valence-electron chi connectivity index (χ3n) is 3.39. The molecular weight excluding hydrogens is 226 g/mol. The molecular formula is C15H25NO2. The normalized spacial score (nSPS) is 13.2. The predicted molar refractivity (Wildman–Crippen MR) is 75.5 cm³/mol. The van der Waals surface area contributed by atoms with Crippen LogP contribution in [0.2, 0.25) is 0 Å². The maximum atomic E-state index is 5.83. The Hall–Kier alpha value is -1.22. The highest BCUT2D eigenvalue weighted by molar-refractivity contribution is 5.44. The molecule has 0 aromatic heterocycles. The van der Waals surface area contributed by atoms with Gasteiger partial charge in [0.1, 0.15) is 0 Å². The van der Waals surface area contributed by atoms with Gasteiger partial charge in [-0.1, -0.05) is 19.9 Å². The second-order valence-electron chi connectivity index (χ2n) is 5.47. The molecule has 3 nitrogen and oxygen atoms in total. The molecule has 0 radical (unpaired) electrons. The molecule has 0 aliphatic carbocycles. The summed E-state index contributed by atoms with van der Waals surface area (Å²) in [6, 6.07) is 6.36. The van der Waals surface area contributed by atoms with Crippen LogP contribution < -0.4 is 15.2 Å². The van der Waals surface area contributed by atoms with Crippen LogP contribution in [-0.4, -0.2) is 20.3 Å². The van der Waals surface area contributed by atoms with Gasteiger partial charge in [-0.3, -0.25) is 0 Å². The number of nitrogens with two attached hydrogens (primary N) is 1. The smallest absolute Gasteiger partial charge is 0.161 e. The van der Waals surface area contributed by atoms with Crippen molar-refractivity contribution in [3.63, 3.8) is 0 Å². The van der Waals surface area contributed by atoms with Gasteiger partial charge in [0.15, 0.2) is 11.5 Å². The number of hydrogen-bond donors (Lipinski definition) is 1. The largest absolute Gasteiger partial charge is 0.493 e. The van der Waals surface area contributed by atoms with Gasteiger partial charge >= 0.3 is 0 Å². The highest BCUT2D eigenvalue weighted by Crippen LogP contribution is 2.35. The molecule has 0 aliphatic rings. The lowest BCUT2D eigenvalue weighted by Gasteiger charge is -2.27. The van der Waals surface area contributed by atoms with E-state index in [2.05, 4.69) is 26.0 Å². The molecule has 1 rings (SSSR count). The van der Waals surface area contributed by atoms with Crippen LogP contribution in [0.1, 0.15) is 39.2 Å². The van der Waals surface area contributed by atoms with E-state index in [0.29, 0.717) is 0 Å². The topological polar surface area (TPSA) is 44.5 Å². The van der Waals surface area contributed by atoms with Gasteiger partial charge in [-0.15, -0.1) is 0 Å². The van der Waals surface area contributed by atoms with Crippen LogP contribution in [-0.2, 0) is 5.41 Å². The van der Waals surface area contributed by atoms with Crippen molar-refractivity contribution in [1.82, 2.24) is 0 Å². The van der Waals surface area contributed by atoms with Crippen LogP contribution in [0.4, 0.5) is 0 Å². The van der Waals surface area contributed by atoms with Crippen molar-refractivity contribution in [2.24, 2.45) is 5.73 Å². The molecule has 1 aromatic carbocycles. The zero-order valence-electron chi connectivity index (χ0n) is 12.1. The van der Waals surface area contributed by atoms with Crippen LogP contribution in [0.25, 0.3) is 0 Å². The van der Waals surface area contributed by atoms with Crippen molar-refractivity contribution in [2.75, 3.05) is 14.2 Å². The van der Waals surface area contributed by atoms with Crippen molar-refractivity contribution in [3.05, 3.63) is 23.8 Å². The number of rotatable bonds is 6. The zero-order chi connectivity index (χ0) is 13.8. The van der Waals surface area contributed by atoms with Crippen molar-refractivity contribution >= 4 is 0 Å². The number of methoxy groups -OCH3 is 2. The van der Waals surface area contributed by atoms with E-state index in [9.17, 15) is 0 Å². The molecule has 0 aliphatic heterocycles. The summed E-state index contributed by atoms with van der Waals surface area (Å²) in [6.07, 6.45) is 2.07. The molecule has 0 bridgehead atoms. The first-order chi connectivity index (χ1) is 8.40. The van der Waals surface area contributed by atoms with Crippen LogP contribution >= 0.6 is 0 Å². The number of ether oxygens (including phenoxy) is 2. The van der Waals surface area contributed by atoms with E-state index in [0.717, 1.165) is 24.3 Å². The first-order valence-corrected chi connectivity index (χ1v) is 6.39. The molecule has 18 heavy (non-hydrogen) atoms. The minimum absolute atomic E-state index is 0.0905. The first-order valence-electron chi connectivity index (χ1n) is 6.39. The summed E-state index contributed by atoms with van der Waals surface area (Å²) in [7, 11) is 3.31. The third-order valence-corrected chi connectivity index (χ3v) is 3.39. The fourth-order valence-corrected chi connectivity index (χ4v) is 1.99. The minimum atomic E-state index is 0.0905. The molecule has 0 saturated heterocycles. The van der Waals surface area contributed by atoms with E-state index in [1.807, 2.05) is 13.0 Å². The van der Waals surface area contributed by atoms with Crippen molar-refractivity contribution < 1.29 is 9.47 Å². The van der Waals surface area contributed by atoms with Crippen LogP contribution in [0.15, 0.2) is 18.2 Å². The minimum Gasteiger partial charge on any atom is -0.493 e. The molecule has 1 atom stereocenters. The molecule has 3 heteroatoms. The van der Waals surface area contributed by atoms with Crippen molar-refractivity contribution in [2.45, 2.75) is 45.1 Å². The fraction of sp³-hybridized carbons (Fsp3) is 0.600. The summed E-state index contributed by atoms with van der Waals surface area (Å²) in [5.41, 5.74) is 7.18. The average Bonchev–Trinajstić information content (AvgIpc) is 2.35. The van der Waals surface area contributed by atoms with Crippen LogP contribution in [0, 0.1) is 0 Å². The van der Waals surface area contributed by atoms with Gasteiger partial charge < -0.3 is 15.2 Å². The maximum Gasteiger partial charge on any atom is 0.161 e. The van der Waals surface area contributed by atoms with E-state index in [1.165, 1.54) is 5.56 Å². The Labute approximate surface area is 110 Å². The Morgan fingerprint density at radius 2 is 1.78 bits per heavy atom. The lowest BCUT2D eigenvalue weighted by atomic mass is 9.79. The van der Waals surface area contributed by atoms with E-state index in [4.69, 9.17) is 15.2 Å². The lowest BCUT2D eigenvalue weighted by molar-refractivity contribution is 0.352. The highest BCUT2D eigenvalue weighted by atomic mass is 16.5. The fourth-order valence-electron chi connectivity index (χ4n) is 1.99. The Morgan fingerprint density at radius 1 is 1.17 bits per heavy atom. The second kappa shape index (κ2) is 6.10. The summed E-state index contributed by atoms with van der Waals surface area (Å²) in [5.74, 6) is 1.55. The molecule has 0 spiro atoms. The second-order valence-corrected chi connectivity index (χ2v) is 5.47. The van der Waals surface area contributed by atoms with Gasteiger partial charge in [-0.25, -0.2) is 0 Å². The SMILES string of the molecule is COc1ccc(C(C)(C)CCC(C)N)cc1OC. The first kappa shape index (κ1) is 14.8. The van der Waals surface area contributed by atoms with Gasteiger partial charge in [-0.2, -0.15) is 0 Å². The van der Waals surface area contributed by atoms with Gasteiger partial charge in [0.05, 0.1) is 14.2 Å². The van der Waals surface area contributed by atoms with Crippen molar-refractivity contribution in [3.8, 4) is 11.5 Å². The van der Waals surface area contributed by atoms with Crippen LogP contribution in [0.5, 0.6) is 11.5 Å². The van der Waals surface area contributed by atoms with Crippen molar-refractivity contribution in [1.29, 1.82) is 0 Å². The van der Waals surface area contributed by atoms with E-state index >= 15 is 0 Å². The summed E-state index contributed by atoms with van der Waals surface area (Å²) in [5, 5.41) is 0. The molecule has 0 heterocycles. The van der Waals surface area contributed by atoms with Gasteiger partial charge in [-0.05, 0) is 42.9 Å². The molecule has 102 valence electrons. The van der Waals surface area contributed by atoms with Gasteiger partial charge in [0.2, 0.25) is 0 Å². The summed E-state index contributed by atoms with van der Waals surface area (Å²) >= 11 is 0. The lowest BCUT2D eigenvalue weighted by Crippen LogP contribution is -2.23. The number of benzene rings is 1. The molecule has 1 unspecified atom stereocenters. The average molecular weight is 251 g/mol.